The summed E-state index contributed by atoms with van der Waals surface area (Å²) in [6, 6.07) is 8.70. The molecule has 0 aliphatic carbocycles. The number of nitrogens with one attached hydrogen (secondary N) is 1. The van der Waals surface area contributed by atoms with Crippen molar-refractivity contribution < 1.29 is 9.21 Å². The first kappa shape index (κ1) is 14.9. The Labute approximate surface area is 127 Å². The molecule has 0 bridgehead atoms. The lowest BCUT2D eigenvalue weighted by atomic mass is 10.1. The van der Waals surface area contributed by atoms with Gasteiger partial charge in [0.2, 0.25) is 5.91 Å². The molecular weight excluding hydrogens is 297 g/mol. The van der Waals surface area contributed by atoms with Gasteiger partial charge in [-0.25, -0.2) is 0 Å². The van der Waals surface area contributed by atoms with Gasteiger partial charge in [0.25, 0.3) is 0 Å². The third-order valence-electron chi connectivity index (χ3n) is 2.96. The lowest BCUT2D eigenvalue weighted by molar-refractivity contribution is -0.121. The molecule has 2 aromatic rings. The monoisotopic (exact) mass is 311 g/mol. The Hall–Kier alpha value is -1.45. The van der Waals surface area contributed by atoms with Crippen molar-refractivity contribution in [2.24, 2.45) is 0 Å². The SMILES string of the molecule is Cc1ccc([C@@H](C)NC(=O)Cc2c(Cl)cccc2Cl)o1. The maximum atomic E-state index is 12.0. The highest BCUT2D eigenvalue weighted by atomic mass is 35.5. The summed E-state index contributed by atoms with van der Waals surface area (Å²) in [5.74, 6) is 1.39. The molecule has 1 N–H and O–H groups in total. The zero-order valence-corrected chi connectivity index (χ0v) is 12.8. The Morgan fingerprint density at radius 3 is 2.45 bits per heavy atom. The molecule has 2 rings (SSSR count). The van der Waals surface area contributed by atoms with Crippen LogP contribution in [0.25, 0.3) is 0 Å². The van der Waals surface area contributed by atoms with Crippen molar-refractivity contribution in [2.75, 3.05) is 0 Å². The summed E-state index contributed by atoms with van der Waals surface area (Å²) in [5, 5.41) is 3.85. The maximum absolute atomic E-state index is 12.0. The van der Waals surface area contributed by atoms with Crippen molar-refractivity contribution in [3.05, 3.63) is 57.5 Å². The third kappa shape index (κ3) is 3.56. The molecule has 106 valence electrons. The van der Waals surface area contributed by atoms with Gasteiger partial charge in [0.15, 0.2) is 0 Å². The van der Waals surface area contributed by atoms with Crippen LogP contribution in [0.1, 0.15) is 30.0 Å². The number of carbonyl (C=O) groups excluding carboxylic acids is 1. The number of aryl methyl sites for hydroxylation is 1. The number of hydrogen-bond acceptors (Lipinski definition) is 2. The minimum absolute atomic E-state index is 0.141. The van der Waals surface area contributed by atoms with Crippen LogP contribution in [0, 0.1) is 6.92 Å². The second-order valence-electron chi connectivity index (χ2n) is 4.61. The summed E-state index contributed by atoms with van der Waals surface area (Å²) in [4.78, 5) is 12.0. The number of halogens is 2. The second kappa shape index (κ2) is 6.33. The number of carbonyl (C=O) groups is 1. The van der Waals surface area contributed by atoms with Gasteiger partial charge in [0.05, 0.1) is 12.5 Å². The first-order chi connectivity index (χ1) is 9.47. The van der Waals surface area contributed by atoms with E-state index in [0.29, 0.717) is 15.6 Å². The molecule has 1 aromatic heterocycles. The van der Waals surface area contributed by atoms with Crippen molar-refractivity contribution in [3.63, 3.8) is 0 Å². The molecule has 0 aliphatic rings. The summed E-state index contributed by atoms with van der Waals surface area (Å²) < 4.78 is 5.48. The van der Waals surface area contributed by atoms with E-state index in [2.05, 4.69) is 5.32 Å². The Morgan fingerprint density at radius 1 is 1.25 bits per heavy atom. The van der Waals surface area contributed by atoms with Crippen LogP contribution in [0.15, 0.2) is 34.7 Å². The molecule has 1 amide bonds. The first-order valence-corrected chi connectivity index (χ1v) is 7.01. The van der Waals surface area contributed by atoms with E-state index in [-0.39, 0.29) is 18.4 Å². The van der Waals surface area contributed by atoms with E-state index in [0.717, 1.165) is 11.5 Å². The fourth-order valence-corrected chi connectivity index (χ4v) is 2.44. The van der Waals surface area contributed by atoms with E-state index < -0.39 is 0 Å². The fourth-order valence-electron chi connectivity index (χ4n) is 1.91. The molecule has 0 saturated heterocycles. The van der Waals surface area contributed by atoms with E-state index in [9.17, 15) is 4.79 Å². The minimum atomic E-state index is -0.197. The van der Waals surface area contributed by atoms with Gasteiger partial charge in [-0.1, -0.05) is 29.3 Å². The molecule has 0 radical (unpaired) electrons. The molecule has 3 nitrogen and oxygen atoms in total. The number of furan rings is 1. The van der Waals surface area contributed by atoms with Crippen LogP contribution in [0.4, 0.5) is 0 Å². The van der Waals surface area contributed by atoms with Gasteiger partial charge in [-0.15, -0.1) is 0 Å². The summed E-state index contributed by atoms with van der Waals surface area (Å²) >= 11 is 12.1. The number of benzene rings is 1. The van der Waals surface area contributed by atoms with Crippen LogP contribution >= 0.6 is 23.2 Å². The summed E-state index contributed by atoms with van der Waals surface area (Å²) in [6.45, 7) is 3.73. The summed E-state index contributed by atoms with van der Waals surface area (Å²) in [6.07, 6.45) is 0.141. The quantitative estimate of drug-likeness (QED) is 0.914. The van der Waals surface area contributed by atoms with E-state index in [1.165, 1.54) is 0 Å². The van der Waals surface area contributed by atoms with Crippen molar-refractivity contribution in [1.82, 2.24) is 5.32 Å². The van der Waals surface area contributed by atoms with Crippen molar-refractivity contribution in [3.8, 4) is 0 Å². The average Bonchev–Trinajstić information content (AvgIpc) is 2.81. The van der Waals surface area contributed by atoms with E-state index in [1.54, 1.807) is 18.2 Å². The fraction of sp³-hybridized carbons (Fsp3) is 0.267. The van der Waals surface area contributed by atoms with Gasteiger partial charge in [-0.2, -0.15) is 0 Å². The van der Waals surface area contributed by atoms with Crippen LogP contribution in [-0.4, -0.2) is 5.91 Å². The molecule has 1 aromatic carbocycles. The van der Waals surface area contributed by atoms with Crippen molar-refractivity contribution in [2.45, 2.75) is 26.3 Å². The molecule has 1 atom stereocenters. The Bertz CT molecular complexity index is 602. The maximum Gasteiger partial charge on any atom is 0.225 e. The topological polar surface area (TPSA) is 42.2 Å². The highest BCUT2D eigenvalue weighted by molar-refractivity contribution is 6.36. The zero-order valence-electron chi connectivity index (χ0n) is 11.2. The molecule has 0 aliphatic heterocycles. The zero-order chi connectivity index (χ0) is 14.7. The Morgan fingerprint density at radius 2 is 1.90 bits per heavy atom. The van der Waals surface area contributed by atoms with E-state index in [4.69, 9.17) is 27.6 Å². The second-order valence-corrected chi connectivity index (χ2v) is 5.43. The molecule has 20 heavy (non-hydrogen) atoms. The molecule has 0 fully saturated rings. The molecule has 0 unspecified atom stereocenters. The van der Waals surface area contributed by atoms with Crippen LogP contribution in [0.5, 0.6) is 0 Å². The minimum Gasteiger partial charge on any atom is -0.464 e. The van der Waals surface area contributed by atoms with Gasteiger partial charge < -0.3 is 9.73 Å². The lowest BCUT2D eigenvalue weighted by Gasteiger charge is -2.12. The third-order valence-corrected chi connectivity index (χ3v) is 3.67. The Kier molecular flexibility index (Phi) is 4.73. The Balaban J connectivity index is 2.02. The van der Waals surface area contributed by atoms with Gasteiger partial charge in [0.1, 0.15) is 11.5 Å². The number of amides is 1. The van der Waals surface area contributed by atoms with E-state index in [1.807, 2.05) is 26.0 Å². The summed E-state index contributed by atoms with van der Waals surface area (Å²) in [7, 11) is 0. The van der Waals surface area contributed by atoms with Crippen molar-refractivity contribution in [1.29, 1.82) is 0 Å². The molecule has 0 saturated carbocycles. The van der Waals surface area contributed by atoms with Gasteiger partial charge >= 0.3 is 0 Å². The first-order valence-electron chi connectivity index (χ1n) is 6.26. The molecule has 5 heteroatoms. The van der Waals surface area contributed by atoms with Gasteiger partial charge in [-0.05, 0) is 43.7 Å². The standard InChI is InChI=1S/C15H15Cl2NO2/c1-9-6-7-14(20-9)10(2)18-15(19)8-11-12(16)4-3-5-13(11)17/h3-7,10H,8H2,1-2H3,(H,18,19)/t10-/m1/s1. The molecule has 1 heterocycles. The predicted octanol–water partition coefficient (Wildman–Crippen LogP) is 4.31. The number of rotatable bonds is 4. The van der Waals surface area contributed by atoms with Crippen LogP contribution < -0.4 is 5.32 Å². The summed E-state index contributed by atoms with van der Waals surface area (Å²) in [5.41, 5.74) is 0.635. The highest BCUT2D eigenvalue weighted by Crippen LogP contribution is 2.25. The molecular formula is C15H15Cl2NO2. The number of hydrogen-bond donors (Lipinski definition) is 1. The van der Waals surface area contributed by atoms with Gasteiger partial charge in [0, 0.05) is 10.0 Å². The van der Waals surface area contributed by atoms with Crippen molar-refractivity contribution >= 4 is 29.1 Å². The predicted molar refractivity (Wildman–Crippen MR) is 80.2 cm³/mol. The highest BCUT2D eigenvalue weighted by Gasteiger charge is 2.15. The lowest BCUT2D eigenvalue weighted by Crippen LogP contribution is -2.28. The largest absolute Gasteiger partial charge is 0.464 e. The van der Waals surface area contributed by atoms with Crippen LogP contribution in [0.3, 0.4) is 0 Å². The smallest absolute Gasteiger partial charge is 0.225 e. The normalized spacial score (nSPS) is 12.2. The average molecular weight is 312 g/mol. The van der Waals surface area contributed by atoms with Crippen LogP contribution in [-0.2, 0) is 11.2 Å². The van der Waals surface area contributed by atoms with Gasteiger partial charge in [-0.3, -0.25) is 4.79 Å². The van der Waals surface area contributed by atoms with Crippen LogP contribution in [0.2, 0.25) is 10.0 Å². The van der Waals surface area contributed by atoms with E-state index >= 15 is 0 Å². The molecule has 0 spiro atoms.